The smallest absolute Gasteiger partial charge is 0.335 e. The molecule has 4 rings (SSSR count). The number of hydrogen-bond acceptors (Lipinski definition) is 3. The molecule has 0 saturated carbocycles. The van der Waals surface area contributed by atoms with Gasteiger partial charge in [0.1, 0.15) is 0 Å². The molecule has 4 nitrogen and oxygen atoms in total. The minimum absolute atomic E-state index is 0.289. The van der Waals surface area contributed by atoms with Crippen LogP contribution in [-0.4, -0.2) is 11.1 Å². The maximum Gasteiger partial charge on any atom is 0.335 e. The molecule has 1 aliphatic rings. The van der Waals surface area contributed by atoms with Crippen molar-refractivity contribution in [2.24, 2.45) is 0 Å². The van der Waals surface area contributed by atoms with E-state index in [-0.39, 0.29) is 5.56 Å². The number of anilines is 4. The fourth-order valence-electron chi connectivity index (χ4n) is 2.76. The van der Waals surface area contributed by atoms with E-state index in [9.17, 15) is 4.79 Å². The molecule has 23 heavy (non-hydrogen) atoms. The van der Waals surface area contributed by atoms with Crippen LogP contribution in [0.5, 0.6) is 0 Å². The van der Waals surface area contributed by atoms with Crippen LogP contribution in [0.25, 0.3) is 11.1 Å². The van der Waals surface area contributed by atoms with Crippen LogP contribution in [0, 0.1) is 0 Å². The third-order valence-electron chi connectivity index (χ3n) is 3.93. The van der Waals surface area contributed by atoms with Crippen LogP contribution < -0.4 is 10.6 Å². The van der Waals surface area contributed by atoms with Gasteiger partial charge in [-0.15, -0.1) is 0 Å². The predicted molar refractivity (Wildman–Crippen MR) is 91.8 cm³/mol. The Bertz CT molecular complexity index is 919. The van der Waals surface area contributed by atoms with Gasteiger partial charge in [0, 0.05) is 0 Å². The van der Waals surface area contributed by atoms with Crippen molar-refractivity contribution in [3.8, 4) is 11.1 Å². The molecule has 3 N–H and O–H groups in total. The van der Waals surface area contributed by atoms with E-state index in [1.54, 1.807) is 18.2 Å². The van der Waals surface area contributed by atoms with E-state index >= 15 is 0 Å². The van der Waals surface area contributed by atoms with Crippen LogP contribution in [0.4, 0.5) is 22.7 Å². The van der Waals surface area contributed by atoms with E-state index in [0.717, 1.165) is 33.9 Å². The second-order valence-corrected chi connectivity index (χ2v) is 5.44. The van der Waals surface area contributed by atoms with Crippen molar-refractivity contribution in [2.75, 3.05) is 10.6 Å². The van der Waals surface area contributed by atoms with Gasteiger partial charge in [-0.2, -0.15) is 0 Å². The number of benzene rings is 3. The molecule has 1 aliphatic heterocycles. The molecule has 112 valence electrons. The zero-order chi connectivity index (χ0) is 15.8. The zero-order valence-corrected chi connectivity index (χ0v) is 12.2. The lowest BCUT2D eigenvalue weighted by Crippen LogP contribution is -2.06. The zero-order valence-electron chi connectivity index (χ0n) is 12.2. The Morgan fingerprint density at radius 1 is 0.696 bits per heavy atom. The Morgan fingerprint density at radius 2 is 1.35 bits per heavy atom. The summed E-state index contributed by atoms with van der Waals surface area (Å²) < 4.78 is 0. The number of fused-ring (bicyclic) bond motifs is 2. The first-order valence-corrected chi connectivity index (χ1v) is 7.31. The molecule has 0 saturated heterocycles. The maximum atomic E-state index is 11.1. The molecule has 3 aromatic carbocycles. The van der Waals surface area contributed by atoms with Crippen molar-refractivity contribution >= 4 is 28.7 Å². The Morgan fingerprint density at radius 3 is 2.09 bits per heavy atom. The summed E-state index contributed by atoms with van der Waals surface area (Å²) in [6.45, 7) is 0. The summed E-state index contributed by atoms with van der Waals surface area (Å²) in [5.41, 5.74) is 6.19. The highest BCUT2D eigenvalue weighted by molar-refractivity contribution is 5.93. The van der Waals surface area contributed by atoms with Crippen molar-refractivity contribution in [1.29, 1.82) is 0 Å². The van der Waals surface area contributed by atoms with Gasteiger partial charge in [0.2, 0.25) is 0 Å². The number of para-hydroxylation sites is 2. The summed E-state index contributed by atoms with van der Waals surface area (Å²) in [6, 6.07) is 21.0. The van der Waals surface area contributed by atoms with Gasteiger partial charge in [-0.25, -0.2) is 4.79 Å². The molecule has 0 unspecified atom stereocenters. The molecule has 0 aliphatic carbocycles. The molecular weight excluding hydrogens is 288 g/mol. The number of nitrogens with one attached hydrogen (secondary N) is 2. The van der Waals surface area contributed by atoms with Gasteiger partial charge >= 0.3 is 5.97 Å². The molecular formula is C19H14N2O2. The monoisotopic (exact) mass is 302 g/mol. The van der Waals surface area contributed by atoms with Crippen LogP contribution in [-0.2, 0) is 0 Å². The summed E-state index contributed by atoms with van der Waals surface area (Å²) in [7, 11) is 0. The normalized spacial score (nSPS) is 11.7. The highest BCUT2D eigenvalue weighted by Gasteiger charge is 2.14. The van der Waals surface area contributed by atoms with Crippen molar-refractivity contribution in [1.82, 2.24) is 0 Å². The lowest BCUT2D eigenvalue weighted by molar-refractivity contribution is 0.0697. The third-order valence-corrected chi connectivity index (χ3v) is 3.93. The Balaban J connectivity index is 1.74. The van der Waals surface area contributed by atoms with E-state index in [0.29, 0.717) is 0 Å². The molecule has 0 aromatic heterocycles. The van der Waals surface area contributed by atoms with Crippen molar-refractivity contribution in [3.63, 3.8) is 0 Å². The summed E-state index contributed by atoms with van der Waals surface area (Å²) in [5, 5.41) is 15.9. The number of carboxylic acid groups (broad SMARTS) is 1. The Labute approximate surface area is 133 Å². The molecule has 0 atom stereocenters. The topological polar surface area (TPSA) is 61.4 Å². The number of carboxylic acids is 1. The van der Waals surface area contributed by atoms with Crippen molar-refractivity contribution in [3.05, 3.63) is 72.3 Å². The van der Waals surface area contributed by atoms with Crippen LogP contribution in [0.1, 0.15) is 10.4 Å². The first kappa shape index (κ1) is 13.4. The van der Waals surface area contributed by atoms with Crippen LogP contribution in [0.2, 0.25) is 0 Å². The highest BCUT2D eigenvalue weighted by Crippen LogP contribution is 2.40. The van der Waals surface area contributed by atoms with Gasteiger partial charge in [0.05, 0.1) is 28.3 Å². The molecule has 4 heteroatoms. The van der Waals surface area contributed by atoms with Crippen LogP contribution in [0.3, 0.4) is 0 Å². The fourth-order valence-corrected chi connectivity index (χ4v) is 2.76. The van der Waals surface area contributed by atoms with E-state index in [2.05, 4.69) is 10.6 Å². The van der Waals surface area contributed by atoms with Gasteiger partial charge in [-0.3, -0.25) is 0 Å². The van der Waals surface area contributed by atoms with Crippen LogP contribution >= 0.6 is 0 Å². The molecule has 0 spiro atoms. The molecule has 0 bridgehead atoms. The first-order chi connectivity index (χ1) is 11.2. The highest BCUT2D eigenvalue weighted by atomic mass is 16.4. The molecule has 0 fully saturated rings. The minimum atomic E-state index is -0.918. The lowest BCUT2D eigenvalue weighted by atomic mass is 10.0. The standard InChI is InChI=1S/C19H14N2O2/c22-19(23)14-5-3-4-12(10-14)13-8-9-17-18(11-13)21-16-7-2-1-6-15(16)20-17/h1-11,20-21H,(H,22,23). The third kappa shape index (κ3) is 2.40. The van der Waals surface area contributed by atoms with E-state index < -0.39 is 5.97 Å². The summed E-state index contributed by atoms with van der Waals surface area (Å²) >= 11 is 0. The van der Waals surface area contributed by atoms with Gasteiger partial charge < -0.3 is 15.7 Å². The number of carbonyl (C=O) groups is 1. The number of rotatable bonds is 2. The van der Waals surface area contributed by atoms with Crippen molar-refractivity contribution < 1.29 is 9.90 Å². The van der Waals surface area contributed by atoms with Crippen molar-refractivity contribution in [2.45, 2.75) is 0 Å². The van der Waals surface area contributed by atoms with Gasteiger partial charge in [0.25, 0.3) is 0 Å². The van der Waals surface area contributed by atoms with E-state index in [1.807, 2.05) is 48.5 Å². The Hall–Kier alpha value is -3.27. The minimum Gasteiger partial charge on any atom is -0.478 e. The second kappa shape index (κ2) is 5.18. The summed E-state index contributed by atoms with van der Waals surface area (Å²) in [5.74, 6) is -0.918. The van der Waals surface area contributed by atoms with Gasteiger partial charge in [-0.05, 0) is 47.5 Å². The largest absolute Gasteiger partial charge is 0.478 e. The lowest BCUT2D eigenvalue weighted by Gasteiger charge is -2.23. The second-order valence-electron chi connectivity index (χ2n) is 5.44. The predicted octanol–water partition coefficient (Wildman–Crippen LogP) is 4.85. The van der Waals surface area contributed by atoms with Gasteiger partial charge in [-0.1, -0.05) is 30.3 Å². The van der Waals surface area contributed by atoms with E-state index in [1.165, 1.54) is 0 Å². The Kier molecular flexibility index (Phi) is 3.01. The fraction of sp³-hybridized carbons (Fsp3) is 0. The molecule has 3 aromatic rings. The molecule has 0 radical (unpaired) electrons. The number of hydrogen-bond donors (Lipinski definition) is 3. The van der Waals surface area contributed by atoms with Gasteiger partial charge in [0.15, 0.2) is 0 Å². The molecule has 0 amide bonds. The summed E-state index contributed by atoms with van der Waals surface area (Å²) in [6.07, 6.45) is 0. The van der Waals surface area contributed by atoms with Crippen LogP contribution in [0.15, 0.2) is 66.7 Å². The SMILES string of the molecule is O=C(O)c1cccc(-c2ccc3c(c2)Nc2ccccc2N3)c1. The number of aromatic carboxylic acids is 1. The van der Waals surface area contributed by atoms with E-state index in [4.69, 9.17) is 5.11 Å². The quantitative estimate of drug-likeness (QED) is 0.495. The summed E-state index contributed by atoms with van der Waals surface area (Å²) in [4.78, 5) is 11.1. The average Bonchev–Trinajstić information content (AvgIpc) is 2.59. The first-order valence-electron chi connectivity index (χ1n) is 7.31. The average molecular weight is 302 g/mol. The maximum absolute atomic E-state index is 11.1. The molecule has 1 heterocycles.